The quantitative estimate of drug-likeness (QED) is 0.813. The zero-order valence-corrected chi connectivity index (χ0v) is 14.9. The van der Waals surface area contributed by atoms with Crippen LogP contribution in [0.4, 0.5) is 4.79 Å². The van der Waals surface area contributed by atoms with Crippen molar-refractivity contribution in [3.63, 3.8) is 0 Å². The first-order valence-corrected chi connectivity index (χ1v) is 9.16. The second kappa shape index (κ2) is 6.90. The van der Waals surface area contributed by atoms with E-state index in [-0.39, 0.29) is 12.5 Å². The number of carbonyl (C=O) groups is 3. The number of urea groups is 1. The number of hydrogen-bond acceptors (Lipinski definition) is 4. The van der Waals surface area contributed by atoms with Gasteiger partial charge in [-0.25, -0.2) is 4.79 Å². The van der Waals surface area contributed by atoms with Crippen LogP contribution in [0.25, 0.3) is 10.8 Å². The Hall–Kier alpha value is -3.09. The molecule has 4 rings (SSSR count). The highest BCUT2D eigenvalue weighted by molar-refractivity contribution is 6.08. The van der Waals surface area contributed by atoms with Crippen LogP contribution in [0.5, 0.6) is 5.75 Å². The molecule has 2 aromatic rings. The molecule has 2 aliphatic rings. The summed E-state index contributed by atoms with van der Waals surface area (Å²) in [6, 6.07) is 12.7. The minimum Gasteiger partial charge on any atom is -0.483 e. The van der Waals surface area contributed by atoms with Gasteiger partial charge in [0.1, 0.15) is 11.3 Å². The van der Waals surface area contributed by atoms with Gasteiger partial charge in [0, 0.05) is 5.39 Å². The summed E-state index contributed by atoms with van der Waals surface area (Å²) in [7, 11) is 0. The van der Waals surface area contributed by atoms with Gasteiger partial charge >= 0.3 is 6.03 Å². The maximum absolute atomic E-state index is 12.7. The number of nitrogens with zero attached hydrogens (tertiary/aromatic N) is 1. The summed E-state index contributed by atoms with van der Waals surface area (Å²) in [5, 5.41) is 5.44. The van der Waals surface area contributed by atoms with Crippen LogP contribution in [-0.2, 0) is 9.59 Å². The van der Waals surface area contributed by atoms with E-state index < -0.39 is 17.5 Å². The van der Waals surface area contributed by atoms with Crippen LogP contribution >= 0.6 is 0 Å². The van der Waals surface area contributed by atoms with Crippen LogP contribution in [0.1, 0.15) is 32.1 Å². The standard InChI is InChI=1S/C20H21N3O4/c24-17(13-27-16-10-6-8-14-7-2-3-9-15(14)16)22-23-18(25)20(21-19(23)26)11-4-1-5-12-20/h2-3,6-10H,1,4-5,11-13H2,(H,21,26)(H,22,24). The lowest BCUT2D eigenvalue weighted by molar-refractivity contribution is -0.140. The molecule has 1 aliphatic carbocycles. The Morgan fingerprint density at radius 2 is 1.81 bits per heavy atom. The molecule has 27 heavy (non-hydrogen) atoms. The minimum atomic E-state index is -0.862. The van der Waals surface area contributed by atoms with Crippen molar-refractivity contribution < 1.29 is 19.1 Å². The van der Waals surface area contributed by atoms with E-state index in [1.165, 1.54) is 0 Å². The molecule has 1 spiro atoms. The SMILES string of the molecule is O=C(COc1cccc2ccccc12)NN1C(=O)NC2(CCCCC2)C1=O. The van der Waals surface area contributed by atoms with Crippen molar-refractivity contribution in [3.8, 4) is 5.75 Å². The monoisotopic (exact) mass is 367 g/mol. The number of hydrazine groups is 1. The van der Waals surface area contributed by atoms with Crippen LogP contribution in [0, 0.1) is 0 Å². The summed E-state index contributed by atoms with van der Waals surface area (Å²) in [5.74, 6) is -0.366. The summed E-state index contributed by atoms with van der Waals surface area (Å²) < 4.78 is 5.62. The molecule has 0 unspecified atom stereocenters. The van der Waals surface area contributed by atoms with Gasteiger partial charge in [0.15, 0.2) is 6.61 Å². The number of imide groups is 1. The van der Waals surface area contributed by atoms with Gasteiger partial charge < -0.3 is 10.1 Å². The molecule has 7 nitrogen and oxygen atoms in total. The highest BCUT2D eigenvalue weighted by Gasteiger charge is 2.52. The highest BCUT2D eigenvalue weighted by Crippen LogP contribution is 2.33. The predicted octanol–water partition coefficient (Wildman–Crippen LogP) is 2.50. The summed E-state index contributed by atoms with van der Waals surface area (Å²) in [6.45, 7) is -0.294. The molecule has 0 atom stereocenters. The third-order valence-electron chi connectivity index (χ3n) is 5.21. The van der Waals surface area contributed by atoms with Gasteiger partial charge in [-0.1, -0.05) is 55.7 Å². The molecule has 2 N–H and O–H groups in total. The molecule has 7 heteroatoms. The van der Waals surface area contributed by atoms with Gasteiger partial charge in [-0.05, 0) is 24.3 Å². The molecule has 4 amide bonds. The normalized spacial score (nSPS) is 18.6. The molecular weight excluding hydrogens is 346 g/mol. The van der Waals surface area contributed by atoms with Crippen molar-refractivity contribution in [2.24, 2.45) is 0 Å². The first kappa shape index (κ1) is 17.3. The lowest BCUT2D eigenvalue weighted by atomic mass is 9.82. The zero-order chi connectivity index (χ0) is 18.9. The average Bonchev–Trinajstić information content (AvgIpc) is 2.91. The van der Waals surface area contributed by atoms with Crippen LogP contribution < -0.4 is 15.5 Å². The third kappa shape index (κ3) is 3.20. The van der Waals surface area contributed by atoms with Crippen LogP contribution in [0.2, 0.25) is 0 Å². The van der Waals surface area contributed by atoms with Crippen molar-refractivity contribution in [3.05, 3.63) is 42.5 Å². The van der Waals surface area contributed by atoms with Crippen LogP contribution in [0.3, 0.4) is 0 Å². The number of fused-ring (bicyclic) bond motifs is 1. The first-order valence-electron chi connectivity index (χ1n) is 9.16. The Morgan fingerprint density at radius 1 is 1.07 bits per heavy atom. The van der Waals surface area contributed by atoms with Gasteiger partial charge in [-0.3, -0.25) is 15.0 Å². The van der Waals surface area contributed by atoms with E-state index in [0.29, 0.717) is 18.6 Å². The fourth-order valence-corrected chi connectivity index (χ4v) is 3.84. The van der Waals surface area contributed by atoms with Gasteiger partial charge in [-0.2, -0.15) is 5.01 Å². The minimum absolute atomic E-state index is 0.294. The Labute approximate surface area is 156 Å². The number of hydrogen-bond donors (Lipinski definition) is 2. The lowest BCUT2D eigenvalue weighted by Crippen LogP contribution is -2.51. The largest absolute Gasteiger partial charge is 0.483 e. The van der Waals surface area contributed by atoms with E-state index in [2.05, 4.69) is 10.7 Å². The van der Waals surface area contributed by atoms with Crippen molar-refractivity contribution in [2.45, 2.75) is 37.6 Å². The Morgan fingerprint density at radius 3 is 2.63 bits per heavy atom. The zero-order valence-electron chi connectivity index (χ0n) is 14.9. The smallest absolute Gasteiger partial charge is 0.344 e. The molecule has 140 valence electrons. The van der Waals surface area contributed by atoms with E-state index in [9.17, 15) is 14.4 Å². The highest BCUT2D eigenvalue weighted by atomic mass is 16.5. The molecule has 1 aliphatic heterocycles. The van der Waals surface area contributed by atoms with E-state index in [1.54, 1.807) is 6.07 Å². The molecule has 1 saturated carbocycles. The van der Waals surface area contributed by atoms with E-state index in [4.69, 9.17) is 4.74 Å². The number of amides is 4. The first-order chi connectivity index (χ1) is 13.1. The summed E-state index contributed by atoms with van der Waals surface area (Å²) >= 11 is 0. The second-order valence-corrected chi connectivity index (χ2v) is 7.01. The maximum Gasteiger partial charge on any atom is 0.344 e. The topological polar surface area (TPSA) is 87.7 Å². The Bertz CT molecular complexity index is 900. The Balaban J connectivity index is 1.41. The molecule has 2 fully saturated rings. The molecular formula is C20H21N3O4. The Kier molecular flexibility index (Phi) is 4.43. The van der Waals surface area contributed by atoms with Gasteiger partial charge in [0.2, 0.25) is 0 Å². The molecule has 0 radical (unpaired) electrons. The van der Waals surface area contributed by atoms with E-state index >= 15 is 0 Å². The van der Waals surface area contributed by atoms with Gasteiger partial charge in [0.05, 0.1) is 0 Å². The summed E-state index contributed by atoms with van der Waals surface area (Å²) in [5.41, 5.74) is 1.51. The van der Waals surface area contributed by atoms with Crippen molar-refractivity contribution >= 4 is 28.6 Å². The van der Waals surface area contributed by atoms with Crippen LogP contribution in [0.15, 0.2) is 42.5 Å². The van der Waals surface area contributed by atoms with Crippen molar-refractivity contribution in [2.75, 3.05) is 6.61 Å². The maximum atomic E-state index is 12.7. The number of ether oxygens (including phenoxy) is 1. The van der Waals surface area contributed by atoms with Gasteiger partial charge in [-0.15, -0.1) is 0 Å². The molecule has 2 aromatic carbocycles. The van der Waals surface area contributed by atoms with E-state index in [1.807, 2.05) is 36.4 Å². The molecule has 1 saturated heterocycles. The summed E-state index contributed by atoms with van der Waals surface area (Å²) in [4.78, 5) is 37.1. The molecule has 1 heterocycles. The predicted molar refractivity (Wildman–Crippen MR) is 98.8 cm³/mol. The van der Waals surface area contributed by atoms with Crippen molar-refractivity contribution in [1.82, 2.24) is 15.8 Å². The number of rotatable bonds is 4. The lowest BCUT2D eigenvalue weighted by Gasteiger charge is -2.30. The molecule has 0 aromatic heterocycles. The van der Waals surface area contributed by atoms with Crippen molar-refractivity contribution in [1.29, 1.82) is 0 Å². The second-order valence-electron chi connectivity index (χ2n) is 7.01. The van der Waals surface area contributed by atoms with E-state index in [0.717, 1.165) is 35.0 Å². The fraction of sp³-hybridized carbons (Fsp3) is 0.350. The fourth-order valence-electron chi connectivity index (χ4n) is 3.84. The van der Waals surface area contributed by atoms with Crippen LogP contribution in [-0.4, -0.2) is 35.0 Å². The summed E-state index contributed by atoms with van der Waals surface area (Å²) in [6.07, 6.45) is 4.04. The average molecular weight is 367 g/mol. The third-order valence-corrected chi connectivity index (χ3v) is 5.21. The molecule has 0 bridgehead atoms. The number of benzene rings is 2. The number of nitrogens with one attached hydrogen (secondary N) is 2. The van der Waals surface area contributed by atoms with Gasteiger partial charge in [0.25, 0.3) is 11.8 Å². The number of carbonyl (C=O) groups excluding carboxylic acids is 3.